The van der Waals surface area contributed by atoms with Crippen LogP contribution < -0.4 is 5.32 Å². The summed E-state index contributed by atoms with van der Waals surface area (Å²) in [7, 11) is 0. The van der Waals surface area contributed by atoms with Gasteiger partial charge in [0.2, 0.25) is 11.8 Å². The van der Waals surface area contributed by atoms with Crippen molar-refractivity contribution >= 4 is 34.8 Å². The third-order valence-corrected chi connectivity index (χ3v) is 4.15. The second-order valence-corrected chi connectivity index (χ2v) is 6.17. The molecule has 0 aliphatic carbocycles. The first-order valence-corrected chi connectivity index (χ1v) is 7.23. The fourth-order valence-electron chi connectivity index (χ4n) is 2.03. The Morgan fingerprint density at radius 2 is 2.42 bits per heavy atom. The molecule has 19 heavy (non-hydrogen) atoms. The summed E-state index contributed by atoms with van der Waals surface area (Å²) < 4.78 is 0.704. The zero-order valence-electron chi connectivity index (χ0n) is 10.4. The molecule has 0 spiro atoms. The summed E-state index contributed by atoms with van der Waals surface area (Å²) in [5.41, 5.74) is 0. The Hall–Kier alpha value is -1.33. The van der Waals surface area contributed by atoms with Crippen molar-refractivity contribution in [3.05, 3.63) is 34.0 Å². The number of nitrogens with zero attached hydrogens (tertiary/aromatic N) is 1. The molecule has 1 aromatic rings. The van der Waals surface area contributed by atoms with Gasteiger partial charge in [0.05, 0.1) is 10.9 Å². The van der Waals surface area contributed by atoms with E-state index in [2.05, 4.69) is 11.9 Å². The Morgan fingerprint density at radius 3 is 2.95 bits per heavy atom. The van der Waals surface area contributed by atoms with Crippen LogP contribution in [-0.2, 0) is 16.1 Å². The Bertz CT molecular complexity index is 501. The van der Waals surface area contributed by atoms with E-state index in [1.165, 1.54) is 11.3 Å². The first kappa shape index (κ1) is 14.1. The second kappa shape index (κ2) is 6.21. The minimum atomic E-state index is -0.400. The summed E-state index contributed by atoms with van der Waals surface area (Å²) in [5.74, 6) is -0.119. The van der Waals surface area contributed by atoms with Gasteiger partial charge in [0, 0.05) is 17.8 Å². The van der Waals surface area contributed by atoms with E-state index >= 15 is 0 Å². The summed E-state index contributed by atoms with van der Waals surface area (Å²) in [6.45, 7) is 4.62. The SMILES string of the molecule is C=CCN(Cc1ccc(Cl)s1)C(=O)C1CCC(=O)N1. The van der Waals surface area contributed by atoms with E-state index in [9.17, 15) is 9.59 Å². The molecule has 2 amide bonds. The minimum Gasteiger partial charge on any atom is -0.344 e. The number of rotatable bonds is 5. The smallest absolute Gasteiger partial charge is 0.245 e. The van der Waals surface area contributed by atoms with Crippen molar-refractivity contribution < 1.29 is 9.59 Å². The van der Waals surface area contributed by atoms with E-state index < -0.39 is 6.04 Å². The van der Waals surface area contributed by atoms with Crippen molar-refractivity contribution in [1.29, 1.82) is 0 Å². The maximum Gasteiger partial charge on any atom is 0.245 e. The highest BCUT2D eigenvalue weighted by Crippen LogP contribution is 2.23. The number of hydrogen-bond donors (Lipinski definition) is 1. The predicted octanol–water partition coefficient (Wildman–Crippen LogP) is 2.19. The van der Waals surface area contributed by atoms with Crippen molar-refractivity contribution in [2.45, 2.75) is 25.4 Å². The van der Waals surface area contributed by atoms with Crippen molar-refractivity contribution in [2.75, 3.05) is 6.54 Å². The minimum absolute atomic E-state index is 0.0592. The monoisotopic (exact) mass is 298 g/mol. The van der Waals surface area contributed by atoms with Gasteiger partial charge in [-0.05, 0) is 18.6 Å². The lowest BCUT2D eigenvalue weighted by Crippen LogP contribution is -2.44. The zero-order valence-corrected chi connectivity index (χ0v) is 12.0. The fourth-order valence-corrected chi connectivity index (χ4v) is 3.14. The molecule has 1 atom stereocenters. The van der Waals surface area contributed by atoms with Crippen molar-refractivity contribution in [2.24, 2.45) is 0 Å². The normalized spacial score (nSPS) is 18.2. The largest absolute Gasteiger partial charge is 0.344 e. The summed E-state index contributed by atoms with van der Waals surface area (Å²) in [5, 5.41) is 2.70. The number of thiophene rings is 1. The van der Waals surface area contributed by atoms with E-state index in [0.29, 0.717) is 30.3 Å². The number of carbonyl (C=O) groups excluding carboxylic acids is 2. The number of amides is 2. The molecule has 1 aromatic heterocycles. The summed E-state index contributed by atoms with van der Waals surface area (Å²) in [6, 6.07) is 3.32. The van der Waals surface area contributed by atoms with Crippen LogP contribution in [0.4, 0.5) is 0 Å². The molecule has 102 valence electrons. The molecule has 0 bridgehead atoms. The molecule has 0 saturated carbocycles. The van der Waals surface area contributed by atoms with Gasteiger partial charge < -0.3 is 10.2 Å². The van der Waals surface area contributed by atoms with Crippen LogP contribution in [0.25, 0.3) is 0 Å². The van der Waals surface area contributed by atoms with Gasteiger partial charge in [-0.2, -0.15) is 0 Å². The lowest BCUT2D eigenvalue weighted by Gasteiger charge is -2.23. The van der Waals surface area contributed by atoms with Crippen LogP contribution in [-0.4, -0.2) is 29.3 Å². The Balaban J connectivity index is 2.04. The molecule has 2 rings (SSSR count). The maximum atomic E-state index is 12.3. The van der Waals surface area contributed by atoms with Crippen LogP contribution in [0.2, 0.25) is 4.34 Å². The molecule has 1 unspecified atom stereocenters. The van der Waals surface area contributed by atoms with E-state index in [-0.39, 0.29) is 11.8 Å². The predicted molar refractivity (Wildman–Crippen MR) is 76.1 cm³/mol. The third-order valence-electron chi connectivity index (χ3n) is 2.93. The Kier molecular flexibility index (Phi) is 4.61. The van der Waals surface area contributed by atoms with E-state index in [1.54, 1.807) is 11.0 Å². The van der Waals surface area contributed by atoms with Crippen LogP contribution in [0.5, 0.6) is 0 Å². The molecular weight excluding hydrogens is 284 g/mol. The molecule has 2 heterocycles. The number of carbonyl (C=O) groups is 2. The highest BCUT2D eigenvalue weighted by Gasteiger charge is 2.30. The van der Waals surface area contributed by atoms with Crippen LogP contribution in [0.15, 0.2) is 24.8 Å². The van der Waals surface area contributed by atoms with Crippen LogP contribution in [0, 0.1) is 0 Å². The maximum absolute atomic E-state index is 12.3. The average Bonchev–Trinajstić information content (AvgIpc) is 2.97. The Labute approximate surface area is 121 Å². The lowest BCUT2D eigenvalue weighted by molar-refractivity contribution is -0.134. The summed E-state index contributed by atoms with van der Waals surface area (Å²) in [6.07, 6.45) is 2.67. The van der Waals surface area contributed by atoms with Gasteiger partial charge in [0.1, 0.15) is 6.04 Å². The second-order valence-electron chi connectivity index (χ2n) is 4.37. The number of hydrogen-bond acceptors (Lipinski definition) is 3. The lowest BCUT2D eigenvalue weighted by atomic mass is 10.2. The molecule has 1 saturated heterocycles. The summed E-state index contributed by atoms with van der Waals surface area (Å²) >= 11 is 7.34. The molecule has 1 aliphatic rings. The first-order valence-electron chi connectivity index (χ1n) is 6.03. The van der Waals surface area contributed by atoms with Gasteiger partial charge in [0.25, 0.3) is 0 Å². The molecule has 6 heteroatoms. The van der Waals surface area contributed by atoms with Gasteiger partial charge in [-0.15, -0.1) is 17.9 Å². The first-order chi connectivity index (χ1) is 9.10. The molecule has 4 nitrogen and oxygen atoms in total. The van der Waals surface area contributed by atoms with Crippen molar-refractivity contribution in [3.63, 3.8) is 0 Å². The fraction of sp³-hybridized carbons (Fsp3) is 0.385. The quantitative estimate of drug-likeness (QED) is 0.847. The van der Waals surface area contributed by atoms with E-state index in [4.69, 9.17) is 11.6 Å². The van der Waals surface area contributed by atoms with E-state index in [0.717, 1.165) is 4.88 Å². The zero-order chi connectivity index (χ0) is 13.8. The average molecular weight is 299 g/mol. The van der Waals surface area contributed by atoms with Gasteiger partial charge in [-0.1, -0.05) is 17.7 Å². The molecule has 0 radical (unpaired) electrons. The van der Waals surface area contributed by atoms with Crippen LogP contribution in [0.1, 0.15) is 17.7 Å². The topological polar surface area (TPSA) is 49.4 Å². The van der Waals surface area contributed by atoms with Gasteiger partial charge in [0.15, 0.2) is 0 Å². The molecule has 1 aliphatic heterocycles. The summed E-state index contributed by atoms with van der Waals surface area (Å²) in [4.78, 5) is 26.2. The molecular formula is C13H15ClN2O2S. The Morgan fingerprint density at radius 1 is 1.63 bits per heavy atom. The third kappa shape index (κ3) is 3.58. The molecule has 0 aromatic carbocycles. The highest BCUT2D eigenvalue weighted by molar-refractivity contribution is 7.16. The highest BCUT2D eigenvalue weighted by atomic mass is 35.5. The van der Waals surface area contributed by atoms with Crippen LogP contribution >= 0.6 is 22.9 Å². The van der Waals surface area contributed by atoms with Crippen molar-refractivity contribution in [3.8, 4) is 0 Å². The van der Waals surface area contributed by atoms with Crippen LogP contribution in [0.3, 0.4) is 0 Å². The van der Waals surface area contributed by atoms with Gasteiger partial charge >= 0.3 is 0 Å². The van der Waals surface area contributed by atoms with Gasteiger partial charge in [-0.3, -0.25) is 9.59 Å². The van der Waals surface area contributed by atoms with Crippen molar-refractivity contribution in [1.82, 2.24) is 10.2 Å². The molecule has 1 fully saturated rings. The number of halogens is 1. The molecule has 1 N–H and O–H groups in total. The number of nitrogens with one attached hydrogen (secondary N) is 1. The standard InChI is InChI=1S/C13H15ClN2O2S/c1-2-7-16(8-9-3-5-11(14)19-9)13(18)10-4-6-12(17)15-10/h2-3,5,10H,1,4,6-8H2,(H,15,17). The van der Waals surface area contributed by atoms with E-state index in [1.807, 2.05) is 12.1 Å². The van der Waals surface area contributed by atoms with Gasteiger partial charge in [-0.25, -0.2) is 0 Å².